The molecule has 3 N–H and O–H groups in total. The summed E-state index contributed by atoms with van der Waals surface area (Å²) in [7, 11) is -3.22. The summed E-state index contributed by atoms with van der Waals surface area (Å²) in [6, 6.07) is 7.29. The maximum Gasteiger partial charge on any atom is 0.330 e. The van der Waals surface area contributed by atoms with Crippen molar-refractivity contribution in [3.05, 3.63) is 35.5 Å². The predicted octanol–water partition coefficient (Wildman–Crippen LogP) is 4.07. The Labute approximate surface area is 204 Å². The number of benzene rings is 1. The van der Waals surface area contributed by atoms with Gasteiger partial charge in [-0.25, -0.2) is 5.06 Å². The summed E-state index contributed by atoms with van der Waals surface area (Å²) < 4.78 is 22.7. The summed E-state index contributed by atoms with van der Waals surface area (Å²) >= 11 is 6.00. The average molecular weight is 515 g/mol. The van der Waals surface area contributed by atoms with Crippen LogP contribution in [-0.2, 0) is 23.2 Å². The highest BCUT2D eigenvalue weighted by Gasteiger charge is 2.23. The highest BCUT2D eigenvalue weighted by molar-refractivity contribution is 7.53. The molecule has 1 aromatic heterocycles. The zero-order valence-electron chi connectivity index (χ0n) is 19.5. The maximum absolute atomic E-state index is 12.4. The van der Waals surface area contributed by atoms with Gasteiger partial charge in [0.25, 0.3) is 0 Å². The topological polar surface area (TPSA) is 130 Å². The number of carbonyl (C=O) groups is 2. The first-order chi connectivity index (χ1) is 16.3. The molecular formula is C22H32ClN4O6P. The molecule has 0 radical (unpaired) electrons. The monoisotopic (exact) mass is 514 g/mol. The van der Waals surface area contributed by atoms with Crippen LogP contribution < -0.4 is 10.6 Å². The minimum absolute atomic E-state index is 0.0282. The van der Waals surface area contributed by atoms with Gasteiger partial charge in [-0.3, -0.25) is 24.3 Å². The highest BCUT2D eigenvalue weighted by atomic mass is 35.5. The van der Waals surface area contributed by atoms with Crippen LogP contribution >= 0.6 is 19.2 Å². The van der Waals surface area contributed by atoms with E-state index in [4.69, 9.17) is 20.6 Å². The third kappa shape index (κ3) is 9.19. The summed E-state index contributed by atoms with van der Waals surface area (Å²) in [5, 5.41) is 17.9. The van der Waals surface area contributed by atoms with Crippen LogP contribution in [0.2, 0.25) is 5.02 Å². The standard InChI is InChI=1S/C22H32ClN4O6P/c1-3-32-34(31,33-4-2)15-5-14-27(30)22(29)9-8-21(28)26-13-12-25-19-10-11-24-20-16-17(23)6-7-18(19)20/h6-7,10-11,16,30H,3-5,8-9,12-15H2,1-2H3,(H,24,25)(H,26,28). The molecule has 2 amide bonds. The van der Waals surface area contributed by atoms with Crippen LogP contribution in [0.25, 0.3) is 10.9 Å². The van der Waals surface area contributed by atoms with Crippen molar-refractivity contribution < 1.29 is 28.4 Å². The highest BCUT2D eigenvalue weighted by Crippen LogP contribution is 2.48. The van der Waals surface area contributed by atoms with Crippen molar-refractivity contribution in [1.82, 2.24) is 15.4 Å². The van der Waals surface area contributed by atoms with Gasteiger partial charge >= 0.3 is 7.60 Å². The van der Waals surface area contributed by atoms with Gasteiger partial charge in [0.15, 0.2) is 0 Å². The van der Waals surface area contributed by atoms with Crippen LogP contribution in [0.4, 0.5) is 5.69 Å². The Morgan fingerprint density at radius 3 is 2.59 bits per heavy atom. The second-order valence-electron chi connectivity index (χ2n) is 7.34. The Balaban J connectivity index is 1.66. The van der Waals surface area contributed by atoms with Crippen LogP contribution in [0.15, 0.2) is 30.5 Å². The Morgan fingerprint density at radius 2 is 1.88 bits per heavy atom. The van der Waals surface area contributed by atoms with Crippen LogP contribution in [0.1, 0.15) is 33.1 Å². The predicted molar refractivity (Wildman–Crippen MR) is 131 cm³/mol. The van der Waals surface area contributed by atoms with E-state index >= 15 is 0 Å². The maximum atomic E-state index is 12.4. The van der Waals surface area contributed by atoms with Crippen LogP contribution in [-0.4, -0.2) is 66.1 Å². The molecule has 188 valence electrons. The van der Waals surface area contributed by atoms with E-state index in [-0.39, 0.29) is 51.1 Å². The summed E-state index contributed by atoms with van der Waals surface area (Å²) in [6.07, 6.45) is 1.82. The van der Waals surface area contributed by atoms with Gasteiger partial charge < -0.3 is 19.7 Å². The normalized spacial score (nSPS) is 11.4. The van der Waals surface area contributed by atoms with Gasteiger partial charge in [-0.2, -0.15) is 0 Å². The van der Waals surface area contributed by atoms with E-state index in [1.165, 1.54) is 0 Å². The van der Waals surface area contributed by atoms with Gasteiger partial charge in [-0.15, -0.1) is 0 Å². The molecule has 0 unspecified atom stereocenters. The number of halogens is 1. The summed E-state index contributed by atoms with van der Waals surface area (Å²) in [5.74, 6) is -0.884. The van der Waals surface area contributed by atoms with Gasteiger partial charge in [0.05, 0.1) is 24.9 Å². The molecule has 0 bridgehead atoms. The van der Waals surface area contributed by atoms with Gasteiger partial charge in [0.1, 0.15) is 0 Å². The zero-order chi connectivity index (χ0) is 25.0. The second-order valence-corrected chi connectivity index (χ2v) is 9.96. The summed E-state index contributed by atoms with van der Waals surface area (Å²) in [6.45, 7) is 4.73. The molecule has 10 nitrogen and oxygen atoms in total. The molecule has 1 heterocycles. The Bertz CT molecular complexity index is 999. The number of hydrogen-bond donors (Lipinski definition) is 3. The Kier molecular flexibility index (Phi) is 11.7. The molecule has 0 fully saturated rings. The second kappa shape index (κ2) is 14.2. The number of anilines is 1. The molecule has 0 saturated heterocycles. The number of hydrogen-bond acceptors (Lipinski definition) is 8. The van der Waals surface area contributed by atoms with Gasteiger partial charge in [-0.1, -0.05) is 11.6 Å². The molecular weight excluding hydrogens is 483 g/mol. The van der Waals surface area contributed by atoms with Crippen LogP contribution in [0.3, 0.4) is 0 Å². The van der Waals surface area contributed by atoms with Crippen LogP contribution in [0.5, 0.6) is 0 Å². The van der Waals surface area contributed by atoms with E-state index < -0.39 is 13.5 Å². The summed E-state index contributed by atoms with van der Waals surface area (Å²) in [4.78, 5) is 28.4. The lowest BCUT2D eigenvalue weighted by molar-refractivity contribution is -0.165. The van der Waals surface area contributed by atoms with Crippen molar-refractivity contribution in [3.63, 3.8) is 0 Å². The lowest BCUT2D eigenvalue weighted by Gasteiger charge is -2.19. The quantitative estimate of drug-likeness (QED) is 0.140. The molecule has 0 atom stereocenters. The first kappa shape index (κ1) is 28.0. The smallest absolute Gasteiger partial charge is 0.330 e. The van der Waals surface area contributed by atoms with E-state index in [0.29, 0.717) is 23.2 Å². The number of fused-ring (bicyclic) bond motifs is 1. The number of aromatic nitrogens is 1. The molecule has 0 saturated carbocycles. The number of amides is 2. The number of nitrogens with zero attached hydrogens (tertiary/aromatic N) is 2. The van der Waals surface area contributed by atoms with Gasteiger partial charge in [0.2, 0.25) is 11.8 Å². The first-order valence-electron chi connectivity index (χ1n) is 11.2. The molecule has 0 aliphatic carbocycles. The zero-order valence-corrected chi connectivity index (χ0v) is 21.1. The molecule has 0 spiro atoms. The first-order valence-corrected chi connectivity index (χ1v) is 13.3. The fraction of sp³-hybridized carbons (Fsp3) is 0.500. The molecule has 12 heteroatoms. The fourth-order valence-electron chi connectivity index (χ4n) is 3.21. The third-order valence-electron chi connectivity index (χ3n) is 4.77. The van der Waals surface area contributed by atoms with E-state index in [1.807, 2.05) is 12.1 Å². The lowest BCUT2D eigenvalue weighted by Crippen LogP contribution is -2.32. The van der Waals surface area contributed by atoms with Crippen molar-refractivity contribution in [1.29, 1.82) is 0 Å². The largest absolute Gasteiger partial charge is 0.383 e. The Hall–Kier alpha value is -2.23. The molecule has 2 aromatic rings. The van der Waals surface area contributed by atoms with Crippen molar-refractivity contribution in [2.24, 2.45) is 0 Å². The van der Waals surface area contributed by atoms with Crippen molar-refractivity contribution in [2.45, 2.75) is 33.1 Å². The molecule has 2 rings (SSSR count). The SMILES string of the molecule is CCOP(=O)(CCCN(O)C(=O)CCC(=O)NCCNc1ccnc2cc(Cl)ccc12)OCC. The average Bonchev–Trinajstić information content (AvgIpc) is 2.80. The third-order valence-corrected chi connectivity index (χ3v) is 7.18. The van der Waals surface area contributed by atoms with E-state index in [0.717, 1.165) is 16.6 Å². The molecule has 34 heavy (non-hydrogen) atoms. The minimum atomic E-state index is -3.22. The van der Waals surface area contributed by atoms with Crippen LogP contribution in [0, 0.1) is 0 Å². The number of nitrogens with one attached hydrogen (secondary N) is 2. The molecule has 0 aliphatic rings. The fourth-order valence-corrected chi connectivity index (χ4v) is 5.03. The molecule has 1 aromatic carbocycles. The number of carbonyl (C=O) groups excluding carboxylic acids is 2. The Morgan fingerprint density at radius 1 is 1.15 bits per heavy atom. The number of pyridine rings is 1. The minimum Gasteiger partial charge on any atom is -0.383 e. The lowest BCUT2D eigenvalue weighted by atomic mass is 10.2. The van der Waals surface area contributed by atoms with Crippen molar-refractivity contribution in [3.8, 4) is 0 Å². The van der Waals surface area contributed by atoms with Gasteiger partial charge in [-0.05, 0) is 44.5 Å². The van der Waals surface area contributed by atoms with E-state index in [9.17, 15) is 19.4 Å². The van der Waals surface area contributed by atoms with Crippen molar-refractivity contribution >= 4 is 47.6 Å². The number of hydroxylamine groups is 2. The van der Waals surface area contributed by atoms with Crippen molar-refractivity contribution in [2.75, 3.05) is 44.3 Å². The number of rotatable bonds is 15. The van der Waals surface area contributed by atoms with Gasteiger partial charge in [0, 0.05) is 54.8 Å². The molecule has 0 aliphatic heterocycles. The van der Waals surface area contributed by atoms with E-state index in [2.05, 4.69) is 15.6 Å². The summed E-state index contributed by atoms with van der Waals surface area (Å²) in [5.41, 5.74) is 1.65. The van der Waals surface area contributed by atoms with E-state index in [1.54, 1.807) is 32.2 Å².